The molecule has 0 aromatic rings. The summed E-state index contributed by atoms with van der Waals surface area (Å²) in [5.41, 5.74) is 0. The Hall–Kier alpha value is -5.05. The maximum absolute atomic E-state index is 12.8. The van der Waals surface area contributed by atoms with Crippen molar-refractivity contribution < 1.29 is 38.2 Å². The Labute approximate surface area is 427 Å². The number of carbonyl (C=O) groups is 3. The summed E-state index contributed by atoms with van der Waals surface area (Å²) in [6.45, 7) is 4.32. The fourth-order valence-corrected chi connectivity index (χ4v) is 6.65. The van der Waals surface area contributed by atoms with E-state index in [4.69, 9.17) is 14.2 Å². The Morgan fingerprint density at radius 1 is 0.429 bits per heavy atom. The third kappa shape index (κ3) is 48.0. The molecule has 70 heavy (non-hydrogen) atoms. The van der Waals surface area contributed by atoms with Crippen molar-refractivity contribution in [2.24, 2.45) is 0 Å². The number of allylic oxidation sites excluding steroid dienone is 26. The van der Waals surface area contributed by atoms with Crippen molar-refractivity contribution in [2.75, 3.05) is 41.0 Å². The van der Waals surface area contributed by atoms with Gasteiger partial charge in [-0.25, -0.2) is 0 Å². The van der Waals surface area contributed by atoms with E-state index in [0.29, 0.717) is 12.8 Å². The van der Waals surface area contributed by atoms with Gasteiger partial charge in [0.15, 0.2) is 6.10 Å². The molecule has 8 nitrogen and oxygen atoms in total. The van der Waals surface area contributed by atoms with Crippen LogP contribution in [-0.2, 0) is 28.6 Å². The molecule has 0 aromatic carbocycles. The van der Waals surface area contributed by atoms with E-state index in [1.807, 2.05) is 0 Å². The molecule has 390 valence electrons. The number of rotatable bonds is 45. The summed E-state index contributed by atoms with van der Waals surface area (Å²) in [4.78, 5) is 37.1. The van der Waals surface area contributed by atoms with Gasteiger partial charge in [0.2, 0.25) is 0 Å². The number of hydrogen-bond acceptors (Lipinski definition) is 7. The van der Waals surface area contributed by atoms with Crippen molar-refractivity contribution in [1.29, 1.82) is 0 Å². The van der Waals surface area contributed by atoms with Gasteiger partial charge in [-0.05, 0) is 116 Å². The van der Waals surface area contributed by atoms with E-state index >= 15 is 0 Å². The molecule has 0 radical (unpaired) electrons. The highest BCUT2D eigenvalue weighted by atomic mass is 16.6. The van der Waals surface area contributed by atoms with Gasteiger partial charge in [0.05, 0.1) is 40.3 Å². The number of aliphatic carboxylic acids is 1. The quantitative estimate of drug-likeness (QED) is 0.0259. The second kappa shape index (κ2) is 50.3. The molecule has 0 aliphatic rings. The lowest BCUT2D eigenvalue weighted by Gasteiger charge is -2.34. The first-order valence-corrected chi connectivity index (χ1v) is 26.5. The van der Waals surface area contributed by atoms with Crippen LogP contribution in [0.25, 0.3) is 0 Å². The average molecular weight is 966 g/mol. The summed E-state index contributed by atoms with van der Waals surface area (Å²) in [5.74, 6) is -1.87. The zero-order valence-electron chi connectivity index (χ0n) is 44.4. The maximum atomic E-state index is 12.8. The van der Waals surface area contributed by atoms with E-state index in [0.717, 1.165) is 116 Å². The second-order valence-corrected chi connectivity index (χ2v) is 18.0. The van der Waals surface area contributed by atoms with Crippen molar-refractivity contribution in [3.63, 3.8) is 0 Å². The van der Waals surface area contributed by atoms with Crippen LogP contribution in [0.3, 0.4) is 0 Å². The Bertz CT molecular complexity index is 1690. The normalized spacial score (nSPS) is 14.1. The van der Waals surface area contributed by atoms with E-state index < -0.39 is 18.1 Å². The minimum absolute atomic E-state index is 0.000771. The number of likely N-dealkylation sites (N-methyl/N-ethyl adjacent to an activating group) is 1. The molecule has 0 spiro atoms. The minimum Gasteiger partial charge on any atom is -0.544 e. The predicted octanol–water partition coefficient (Wildman–Crippen LogP) is 14.5. The Morgan fingerprint density at radius 2 is 0.771 bits per heavy atom. The van der Waals surface area contributed by atoms with Crippen LogP contribution >= 0.6 is 0 Å². The van der Waals surface area contributed by atoms with Crippen molar-refractivity contribution in [2.45, 2.75) is 174 Å². The number of carbonyl (C=O) groups excluding carboxylic acids is 3. The zero-order valence-corrected chi connectivity index (χ0v) is 44.4. The van der Waals surface area contributed by atoms with Crippen molar-refractivity contribution in [3.05, 3.63) is 158 Å². The fraction of sp³-hybridized carbons (Fsp3) is 0.532. The zero-order chi connectivity index (χ0) is 51.3. The van der Waals surface area contributed by atoms with E-state index in [1.54, 1.807) is 21.1 Å². The number of carboxylic acid groups (broad SMARTS) is 1. The highest BCUT2D eigenvalue weighted by Gasteiger charge is 2.25. The Balaban J connectivity index is 4.44. The van der Waals surface area contributed by atoms with E-state index in [-0.39, 0.29) is 55.5 Å². The van der Waals surface area contributed by atoms with Crippen LogP contribution in [0.15, 0.2) is 158 Å². The molecule has 0 bridgehead atoms. The summed E-state index contributed by atoms with van der Waals surface area (Å²) < 4.78 is 17.2. The lowest BCUT2D eigenvalue weighted by atomic mass is 10.1. The Morgan fingerprint density at radius 3 is 1.14 bits per heavy atom. The Kier molecular flexibility index (Phi) is 46.7. The van der Waals surface area contributed by atoms with Crippen LogP contribution in [0.1, 0.15) is 162 Å². The van der Waals surface area contributed by atoms with E-state index in [9.17, 15) is 19.5 Å². The molecule has 0 aliphatic heterocycles. The van der Waals surface area contributed by atoms with Crippen LogP contribution in [0.2, 0.25) is 0 Å². The van der Waals surface area contributed by atoms with Gasteiger partial charge < -0.3 is 28.6 Å². The first kappa shape index (κ1) is 65.0. The molecule has 2 unspecified atom stereocenters. The fourth-order valence-electron chi connectivity index (χ4n) is 6.65. The number of unbranched alkanes of at least 4 members (excludes halogenated alkanes) is 5. The maximum Gasteiger partial charge on any atom is 0.306 e. The van der Waals surface area contributed by atoms with Crippen LogP contribution in [0, 0.1) is 0 Å². The van der Waals surface area contributed by atoms with Crippen molar-refractivity contribution in [3.8, 4) is 0 Å². The monoisotopic (exact) mass is 966 g/mol. The molecule has 0 aliphatic carbocycles. The van der Waals surface area contributed by atoms with Crippen LogP contribution in [0.4, 0.5) is 0 Å². The number of carboxylic acids is 1. The highest BCUT2D eigenvalue weighted by molar-refractivity contribution is 5.70. The molecular formula is C62H95NO7. The van der Waals surface area contributed by atoms with Crippen LogP contribution < -0.4 is 5.11 Å². The van der Waals surface area contributed by atoms with E-state index in [2.05, 4.69) is 172 Å². The summed E-state index contributed by atoms with van der Waals surface area (Å²) >= 11 is 0. The summed E-state index contributed by atoms with van der Waals surface area (Å²) in [7, 11) is 5.37. The molecule has 0 heterocycles. The third-order valence-electron chi connectivity index (χ3n) is 10.7. The van der Waals surface area contributed by atoms with Crippen LogP contribution in [-0.4, -0.2) is 75.5 Å². The first-order valence-electron chi connectivity index (χ1n) is 26.5. The molecule has 0 N–H and O–H groups in total. The smallest absolute Gasteiger partial charge is 0.306 e. The number of ether oxygens (including phenoxy) is 3. The molecule has 0 aromatic heterocycles. The molecule has 8 heteroatoms. The lowest BCUT2D eigenvalue weighted by molar-refractivity contribution is -0.889. The summed E-state index contributed by atoms with van der Waals surface area (Å²) in [6.07, 6.45) is 75.7. The molecule has 2 atom stereocenters. The second-order valence-electron chi connectivity index (χ2n) is 18.0. The van der Waals surface area contributed by atoms with Gasteiger partial charge in [-0.2, -0.15) is 0 Å². The number of esters is 2. The molecule has 0 amide bonds. The number of hydrogen-bond donors (Lipinski definition) is 0. The topological polar surface area (TPSA) is 102 Å². The van der Waals surface area contributed by atoms with Crippen LogP contribution in [0.5, 0.6) is 0 Å². The van der Waals surface area contributed by atoms with E-state index in [1.165, 1.54) is 0 Å². The van der Waals surface area contributed by atoms with Gasteiger partial charge in [0.1, 0.15) is 12.6 Å². The summed E-state index contributed by atoms with van der Waals surface area (Å²) in [5, 5.41) is 11.7. The van der Waals surface area contributed by atoms with Crippen molar-refractivity contribution >= 4 is 17.9 Å². The predicted molar refractivity (Wildman–Crippen MR) is 295 cm³/mol. The lowest BCUT2D eigenvalue weighted by Crippen LogP contribution is -2.55. The third-order valence-corrected chi connectivity index (χ3v) is 10.7. The molecule has 0 fully saturated rings. The van der Waals surface area contributed by atoms with Gasteiger partial charge in [0.25, 0.3) is 0 Å². The van der Waals surface area contributed by atoms with Gasteiger partial charge in [0, 0.05) is 19.3 Å². The summed E-state index contributed by atoms with van der Waals surface area (Å²) in [6, 6.07) is -0.752. The average Bonchev–Trinajstić information content (AvgIpc) is 3.33. The van der Waals surface area contributed by atoms with Crippen molar-refractivity contribution in [1.82, 2.24) is 0 Å². The standard InChI is InChI=1S/C62H95NO7/c1-6-8-10-12-14-16-18-20-22-24-26-28-30-32-34-36-38-40-42-44-46-48-50-52-60(64)69-57-58(56-68-55-54-59(62(66)67)63(3,4)5)70-61(65)53-51-49-47-45-43-41-39-37-35-33-31-29-27-25-23-21-19-17-15-13-11-9-7-2/h8-11,14-17,20-23,26-29,32-35,38-41,44,46,58-59H,6-7,12-13,18-19,24-25,30-31,36-37,42-43,45,47-57H2,1-5H3/b10-8+,11-9+,16-14+,17-15+,22-20+,23-21+,28-26+,29-27+,34-32+,35-33+,40-38+,41-39+,46-44+. The van der Waals surface area contributed by atoms with Gasteiger partial charge in [-0.3, -0.25) is 9.59 Å². The molecular weight excluding hydrogens is 871 g/mol. The molecule has 0 rings (SSSR count). The first-order chi connectivity index (χ1) is 34.1. The van der Waals surface area contributed by atoms with Gasteiger partial charge in [-0.1, -0.05) is 185 Å². The van der Waals surface area contributed by atoms with Gasteiger partial charge in [-0.15, -0.1) is 0 Å². The molecule has 0 saturated carbocycles. The number of nitrogens with zero attached hydrogens (tertiary/aromatic N) is 1. The number of quaternary nitrogens is 1. The highest BCUT2D eigenvalue weighted by Crippen LogP contribution is 2.11. The minimum atomic E-state index is -1.14. The SMILES string of the molecule is CC/C=C/C/C=C/C/C=C/C/C=C/C/C=C/C/C=C/C/C=C/CCCC(=O)OCC(COCCC(C(=O)[O-])[N+](C)(C)C)OC(=O)CCCCCC/C=C/C/C=C/C/C=C/C/C=C/C/C=C/C/C=C/CC. The van der Waals surface area contributed by atoms with Gasteiger partial charge >= 0.3 is 11.9 Å². The largest absolute Gasteiger partial charge is 0.544 e. The molecule has 0 saturated heterocycles.